The zero-order valence-corrected chi connectivity index (χ0v) is 7.68. The molecule has 0 heterocycles. The summed E-state index contributed by atoms with van der Waals surface area (Å²) in [6, 6.07) is 0. The summed E-state index contributed by atoms with van der Waals surface area (Å²) >= 11 is 0. The molecule has 0 aromatic carbocycles. The third-order valence-electron chi connectivity index (χ3n) is 1.54. The van der Waals surface area contributed by atoms with Gasteiger partial charge in [-0.2, -0.15) is 0 Å². The summed E-state index contributed by atoms with van der Waals surface area (Å²) in [5.41, 5.74) is 1.06. The minimum absolute atomic E-state index is 0.237. The van der Waals surface area contributed by atoms with Crippen molar-refractivity contribution in [2.75, 3.05) is 6.61 Å². The zero-order chi connectivity index (χ0) is 8.85. The molecule has 0 aromatic rings. The number of ether oxygens (including phenoxy) is 1. The van der Waals surface area contributed by atoms with Crippen molar-refractivity contribution in [3.63, 3.8) is 0 Å². The molecule has 0 aliphatic rings. The highest BCUT2D eigenvalue weighted by Crippen LogP contribution is 2.07. The Balaban J connectivity index is 3.97. The number of esters is 1. The molecule has 0 unspecified atom stereocenters. The van der Waals surface area contributed by atoms with E-state index in [1.807, 2.05) is 20.8 Å². The quantitative estimate of drug-likeness (QED) is 0.462. The van der Waals surface area contributed by atoms with Gasteiger partial charge in [0.2, 0.25) is 0 Å². The molecule has 0 aromatic heterocycles. The highest BCUT2D eigenvalue weighted by atomic mass is 16.5. The van der Waals surface area contributed by atoms with Crippen LogP contribution in [-0.4, -0.2) is 12.6 Å². The molecule has 0 fully saturated rings. The van der Waals surface area contributed by atoms with Crippen molar-refractivity contribution in [1.82, 2.24) is 0 Å². The molecule has 0 bridgehead atoms. The highest BCUT2D eigenvalue weighted by Gasteiger charge is 2.00. The maximum absolute atomic E-state index is 10.9. The fraction of sp³-hybridized carbons (Fsp3) is 0.667. The van der Waals surface area contributed by atoms with Gasteiger partial charge in [0.25, 0.3) is 0 Å². The molecule has 0 amide bonds. The van der Waals surface area contributed by atoms with Crippen LogP contribution in [0.4, 0.5) is 0 Å². The van der Waals surface area contributed by atoms with E-state index in [2.05, 4.69) is 0 Å². The third-order valence-corrected chi connectivity index (χ3v) is 1.54. The minimum atomic E-state index is -0.237. The smallest absolute Gasteiger partial charge is 0.330 e. The SMILES string of the molecule is CCOC(=O)/C=C(/C)C(C)C. The van der Waals surface area contributed by atoms with Gasteiger partial charge in [-0.3, -0.25) is 0 Å². The lowest BCUT2D eigenvalue weighted by molar-refractivity contribution is -0.137. The van der Waals surface area contributed by atoms with E-state index in [1.54, 1.807) is 13.0 Å². The molecule has 2 heteroatoms. The van der Waals surface area contributed by atoms with Gasteiger partial charge in [0.15, 0.2) is 0 Å². The maximum Gasteiger partial charge on any atom is 0.330 e. The van der Waals surface area contributed by atoms with Crippen molar-refractivity contribution in [3.05, 3.63) is 11.6 Å². The first-order chi connectivity index (χ1) is 5.07. The molecule has 2 nitrogen and oxygen atoms in total. The molecular formula is C9H16O2. The fourth-order valence-electron chi connectivity index (χ4n) is 0.536. The molecule has 64 valence electrons. The Labute approximate surface area is 68.2 Å². The first kappa shape index (κ1) is 10.2. The second-order valence-corrected chi connectivity index (χ2v) is 2.80. The molecule has 0 spiro atoms. The number of hydrogen-bond donors (Lipinski definition) is 0. The third kappa shape index (κ3) is 4.59. The van der Waals surface area contributed by atoms with Gasteiger partial charge >= 0.3 is 5.97 Å². The van der Waals surface area contributed by atoms with E-state index < -0.39 is 0 Å². The molecular weight excluding hydrogens is 140 g/mol. The van der Waals surface area contributed by atoms with Crippen molar-refractivity contribution in [1.29, 1.82) is 0 Å². The van der Waals surface area contributed by atoms with Crippen LogP contribution in [0.2, 0.25) is 0 Å². The Hall–Kier alpha value is -0.790. The predicted octanol–water partition coefficient (Wildman–Crippen LogP) is 2.15. The van der Waals surface area contributed by atoms with Gasteiger partial charge in [-0.25, -0.2) is 4.79 Å². The first-order valence-corrected chi connectivity index (χ1v) is 3.92. The van der Waals surface area contributed by atoms with E-state index in [4.69, 9.17) is 4.74 Å². The number of rotatable bonds is 3. The predicted molar refractivity (Wildman–Crippen MR) is 45.2 cm³/mol. The van der Waals surface area contributed by atoms with Crippen LogP contribution >= 0.6 is 0 Å². The summed E-state index contributed by atoms with van der Waals surface area (Å²) in [7, 11) is 0. The Bertz CT molecular complexity index is 157. The lowest BCUT2D eigenvalue weighted by Gasteiger charge is -2.03. The van der Waals surface area contributed by atoms with Crippen LogP contribution in [0.25, 0.3) is 0 Å². The molecule has 0 saturated heterocycles. The zero-order valence-electron chi connectivity index (χ0n) is 7.68. The van der Waals surface area contributed by atoms with Gasteiger partial charge in [-0.05, 0) is 19.8 Å². The Kier molecular flexibility index (Phi) is 4.59. The van der Waals surface area contributed by atoms with Gasteiger partial charge in [-0.1, -0.05) is 19.4 Å². The number of hydrogen-bond acceptors (Lipinski definition) is 2. The molecule has 0 rings (SSSR count). The molecule has 0 aliphatic heterocycles. The largest absolute Gasteiger partial charge is 0.463 e. The minimum Gasteiger partial charge on any atom is -0.463 e. The summed E-state index contributed by atoms with van der Waals surface area (Å²) in [6.45, 7) is 8.27. The Morgan fingerprint density at radius 1 is 1.55 bits per heavy atom. The van der Waals surface area contributed by atoms with Gasteiger partial charge < -0.3 is 4.74 Å². The summed E-state index contributed by atoms with van der Waals surface area (Å²) in [4.78, 5) is 10.9. The van der Waals surface area contributed by atoms with Crippen molar-refractivity contribution >= 4 is 5.97 Å². The molecule has 11 heavy (non-hydrogen) atoms. The standard InChI is InChI=1S/C9H16O2/c1-5-11-9(10)6-8(4)7(2)3/h6-7H,5H2,1-4H3/b8-6-. The molecule has 0 N–H and O–H groups in total. The molecule has 0 radical (unpaired) electrons. The summed E-state index contributed by atoms with van der Waals surface area (Å²) in [6.07, 6.45) is 1.55. The lowest BCUT2D eigenvalue weighted by atomic mass is 10.1. The second-order valence-electron chi connectivity index (χ2n) is 2.80. The van der Waals surface area contributed by atoms with E-state index in [0.717, 1.165) is 5.57 Å². The summed E-state index contributed by atoms with van der Waals surface area (Å²) in [5.74, 6) is 0.179. The van der Waals surface area contributed by atoms with Gasteiger partial charge in [-0.15, -0.1) is 0 Å². The van der Waals surface area contributed by atoms with E-state index in [9.17, 15) is 4.79 Å². The summed E-state index contributed by atoms with van der Waals surface area (Å²) in [5, 5.41) is 0. The first-order valence-electron chi connectivity index (χ1n) is 3.92. The molecule has 0 aliphatic carbocycles. The molecule has 0 atom stereocenters. The Morgan fingerprint density at radius 3 is 2.45 bits per heavy atom. The topological polar surface area (TPSA) is 26.3 Å². The highest BCUT2D eigenvalue weighted by molar-refractivity contribution is 5.82. The summed E-state index contributed by atoms with van der Waals surface area (Å²) < 4.78 is 4.75. The van der Waals surface area contributed by atoms with Crippen LogP contribution in [0, 0.1) is 5.92 Å². The van der Waals surface area contributed by atoms with Crippen LogP contribution in [0.15, 0.2) is 11.6 Å². The van der Waals surface area contributed by atoms with Gasteiger partial charge in [0, 0.05) is 6.08 Å². The van der Waals surface area contributed by atoms with Crippen molar-refractivity contribution in [2.24, 2.45) is 5.92 Å². The normalized spacial score (nSPS) is 11.9. The average molecular weight is 156 g/mol. The average Bonchev–Trinajstić information content (AvgIpc) is 1.87. The number of carbonyl (C=O) groups is 1. The number of carbonyl (C=O) groups excluding carboxylic acids is 1. The van der Waals surface area contributed by atoms with Crippen molar-refractivity contribution in [3.8, 4) is 0 Å². The van der Waals surface area contributed by atoms with Crippen LogP contribution in [0.3, 0.4) is 0 Å². The second kappa shape index (κ2) is 4.94. The fourth-order valence-corrected chi connectivity index (χ4v) is 0.536. The molecule has 0 saturated carbocycles. The van der Waals surface area contributed by atoms with E-state index in [-0.39, 0.29) is 5.97 Å². The van der Waals surface area contributed by atoms with Crippen molar-refractivity contribution in [2.45, 2.75) is 27.7 Å². The van der Waals surface area contributed by atoms with Gasteiger partial charge in [0.05, 0.1) is 6.61 Å². The van der Waals surface area contributed by atoms with Crippen LogP contribution in [-0.2, 0) is 9.53 Å². The maximum atomic E-state index is 10.9. The van der Waals surface area contributed by atoms with Crippen LogP contribution in [0.5, 0.6) is 0 Å². The number of allylic oxidation sites excluding steroid dienone is 1. The van der Waals surface area contributed by atoms with Crippen LogP contribution < -0.4 is 0 Å². The monoisotopic (exact) mass is 156 g/mol. The van der Waals surface area contributed by atoms with E-state index in [1.165, 1.54) is 0 Å². The lowest BCUT2D eigenvalue weighted by Crippen LogP contribution is -2.02. The van der Waals surface area contributed by atoms with Crippen molar-refractivity contribution < 1.29 is 9.53 Å². The Morgan fingerprint density at radius 2 is 2.09 bits per heavy atom. The van der Waals surface area contributed by atoms with Gasteiger partial charge in [0.1, 0.15) is 0 Å². The van der Waals surface area contributed by atoms with E-state index in [0.29, 0.717) is 12.5 Å². The van der Waals surface area contributed by atoms with Crippen LogP contribution in [0.1, 0.15) is 27.7 Å². The van der Waals surface area contributed by atoms with E-state index >= 15 is 0 Å².